The Morgan fingerprint density at radius 2 is 2.04 bits per heavy atom. The molecule has 0 aliphatic carbocycles. The molecule has 0 fully saturated rings. The fraction of sp³-hybridized carbons (Fsp3) is 0.333. The molecule has 26 heavy (non-hydrogen) atoms. The Morgan fingerprint density at radius 3 is 2.73 bits per heavy atom. The van der Waals surface area contributed by atoms with Gasteiger partial charge in [0.25, 0.3) is 5.91 Å². The molecule has 3 rings (SSSR count). The molecule has 0 bridgehead atoms. The first-order valence-corrected chi connectivity index (χ1v) is 9.47. The highest BCUT2D eigenvalue weighted by Gasteiger charge is 2.16. The molecule has 2 heterocycles. The van der Waals surface area contributed by atoms with Crippen molar-refractivity contribution in [2.24, 2.45) is 5.73 Å². The summed E-state index contributed by atoms with van der Waals surface area (Å²) in [6.45, 7) is 3.93. The van der Waals surface area contributed by atoms with E-state index in [-0.39, 0.29) is 18.3 Å². The first kappa shape index (κ1) is 20.7. The number of hydrogen-bond donors (Lipinski definition) is 2. The summed E-state index contributed by atoms with van der Waals surface area (Å²) in [5, 5.41) is 9.31. The fourth-order valence-corrected chi connectivity index (χ4v) is 3.86. The largest absolute Gasteiger partial charge is 0.351 e. The number of rotatable bonds is 7. The molecule has 0 aliphatic heterocycles. The predicted octanol–water partition coefficient (Wildman–Crippen LogP) is 4.00. The monoisotopic (exact) mass is 412 g/mol. The van der Waals surface area contributed by atoms with Gasteiger partial charge in [0, 0.05) is 17.0 Å². The number of aryl methyl sites for hydroxylation is 1. The lowest BCUT2D eigenvalue weighted by molar-refractivity contribution is 0.0957. The quantitative estimate of drug-likeness (QED) is 0.575. The van der Waals surface area contributed by atoms with Crippen LogP contribution in [0.25, 0.3) is 10.2 Å². The number of nitrogens with two attached hydrogens (primary N) is 1. The summed E-state index contributed by atoms with van der Waals surface area (Å²) in [6, 6.07) is 9.66. The van der Waals surface area contributed by atoms with Crippen LogP contribution < -0.4 is 11.1 Å². The number of unbranched alkanes of at least 4 members (excludes halogenated alkanes) is 1. The summed E-state index contributed by atoms with van der Waals surface area (Å²) in [4.78, 5) is 14.0. The summed E-state index contributed by atoms with van der Waals surface area (Å²) in [7, 11) is 0. The molecule has 1 aromatic carbocycles. The van der Waals surface area contributed by atoms with Crippen molar-refractivity contribution in [2.45, 2.75) is 26.3 Å². The molecule has 3 aromatic rings. The SMILES string of the molecule is Cc1nn(Cc2ccc(Cl)cc2)c2sc(C(=O)NCCCCN)cc12.Cl. The molecule has 8 heteroatoms. The second kappa shape index (κ2) is 9.37. The van der Waals surface area contributed by atoms with Crippen LogP contribution in [-0.4, -0.2) is 28.8 Å². The number of nitrogens with zero attached hydrogens (tertiary/aromatic N) is 2. The summed E-state index contributed by atoms with van der Waals surface area (Å²) >= 11 is 7.42. The van der Waals surface area contributed by atoms with E-state index >= 15 is 0 Å². The Balaban J connectivity index is 0.00000243. The van der Waals surface area contributed by atoms with Gasteiger partial charge >= 0.3 is 0 Å². The summed E-state index contributed by atoms with van der Waals surface area (Å²) in [5.74, 6) is -0.0318. The minimum atomic E-state index is -0.0318. The van der Waals surface area contributed by atoms with Gasteiger partial charge in [-0.25, -0.2) is 0 Å². The highest BCUT2D eigenvalue weighted by molar-refractivity contribution is 7.20. The van der Waals surface area contributed by atoms with Crippen molar-refractivity contribution < 1.29 is 4.79 Å². The Hall–Kier alpha value is -1.60. The van der Waals surface area contributed by atoms with Crippen molar-refractivity contribution in [1.29, 1.82) is 0 Å². The van der Waals surface area contributed by atoms with Gasteiger partial charge in [0.1, 0.15) is 4.83 Å². The smallest absolute Gasteiger partial charge is 0.261 e. The van der Waals surface area contributed by atoms with Gasteiger partial charge in [0.05, 0.1) is 17.1 Å². The molecule has 140 valence electrons. The maximum atomic E-state index is 12.3. The van der Waals surface area contributed by atoms with Crippen LogP contribution in [0.2, 0.25) is 5.02 Å². The maximum absolute atomic E-state index is 12.3. The number of amides is 1. The highest BCUT2D eigenvalue weighted by Crippen LogP contribution is 2.29. The number of aromatic nitrogens is 2. The van der Waals surface area contributed by atoms with Crippen LogP contribution in [-0.2, 0) is 6.54 Å². The normalized spacial score (nSPS) is 10.7. The zero-order valence-corrected chi connectivity index (χ0v) is 16.9. The number of carbonyl (C=O) groups is 1. The number of fused-ring (bicyclic) bond motifs is 1. The van der Waals surface area contributed by atoms with E-state index in [1.165, 1.54) is 11.3 Å². The highest BCUT2D eigenvalue weighted by atomic mass is 35.5. The lowest BCUT2D eigenvalue weighted by Gasteiger charge is -2.04. The second-order valence-electron chi connectivity index (χ2n) is 5.95. The van der Waals surface area contributed by atoms with Gasteiger partial charge in [-0.05, 0) is 50.1 Å². The second-order valence-corrected chi connectivity index (χ2v) is 7.42. The van der Waals surface area contributed by atoms with E-state index in [1.807, 2.05) is 41.9 Å². The van der Waals surface area contributed by atoms with Crippen LogP contribution in [0.5, 0.6) is 0 Å². The molecule has 3 N–H and O–H groups in total. The molecule has 0 spiro atoms. The van der Waals surface area contributed by atoms with Gasteiger partial charge in [0.2, 0.25) is 0 Å². The van der Waals surface area contributed by atoms with Gasteiger partial charge in [-0.3, -0.25) is 9.48 Å². The number of benzene rings is 1. The molecule has 2 aromatic heterocycles. The number of nitrogens with one attached hydrogen (secondary N) is 1. The van der Waals surface area contributed by atoms with Gasteiger partial charge in [-0.1, -0.05) is 23.7 Å². The lowest BCUT2D eigenvalue weighted by Crippen LogP contribution is -2.24. The zero-order chi connectivity index (χ0) is 17.8. The summed E-state index contributed by atoms with van der Waals surface area (Å²) in [5.41, 5.74) is 7.52. The average molecular weight is 413 g/mol. The van der Waals surface area contributed by atoms with E-state index in [0.717, 1.165) is 39.3 Å². The molecular formula is C18H22Cl2N4OS. The maximum Gasteiger partial charge on any atom is 0.261 e. The first-order chi connectivity index (χ1) is 12.1. The molecule has 0 saturated carbocycles. The van der Waals surface area contributed by atoms with Gasteiger partial charge < -0.3 is 11.1 Å². The van der Waals surface area contributed by atoms with E-state index in [1.54, 1.807) is 0 Å². The molecule has 0 unspecified atom stereocenters. The van der Waals surface area contributed by atoms with Gasteiger partial charge in [-0.15, -0.1) is 23.7 Å². The third-order valence-electron chi connectivity index (χ3n) is 3.99. The zero-order valence-electron chi connectivity index (χ0n) is 14.5. The fourth-order valence-electron chi connectivity index (χ4n) is 2.65. The Labute approximate surface area is 167 Å². The van der Waals surface area contributed by atoms with Crippen molar-refractivity contribution in [2.75, 3.05) is 13.1 Å². The minimum absolute atomic E-state index is 0. The number of hydrogen-bond acceptors (Lipinski definition) is 4. The van der Waals surface area contributed by atoms with E-state index < -0.39 is 0 Å². The van der Waals surface area contributed by atoms with E-state index in [9.17, 15) is 4.79 Å². The van der Waals surface area contributed by atoms with Crippen LogP contribution >= 0.6 is 35.3 Å². The van der Waals surface area contributed by atoms with Crippen LogP contribution in [0.3, 0.4) is 0 Å². The van der Waals surface area contributed by atoms with Gasteiger partial charge in [0.15, 0.2) is 0 Å². The van der Waals surface area contributed by atoms with Crippen molar-refractivity contribution in [3.8, 4) is 0 Å². The van der Waals surface area contributed by atoms with Crippen molar-refractivity contribution >= 4 is 51.5 Å². The van der Waals surface area contributed by atoms with Crippen LogP contribution in [0, 0.1) is 6.92 Å². The van der Waals surface area contributed by atoms with E-state index in [4.69, 9.17) is 17.3 Å². The molecule has 5 nitrogen and oxygen atoms in total. The van der Waals surface area contributed by atoms with Gasteiger partial charge in [-0.2, -0.15) is 5.10 Å². The van der Waals surface area contributed by atoms with E-state index in [2.05, 4.69) is 10.4 Å². The molecular weight excluding hydrogens is 391 g/mol. The number of halogens is 2. The van der Waals surface area contributed by atoms with Crippen LogP contribution in [0.1, 0.15) is 33.8 Å². The number of thiophene rings is 1. The number of carbonyl (C=O) groups excluding carboxylic acids is 1. The van der Waals surface area contributed by atoms with Crippen molar-refractivity contribution in [3.63, 3.8) is 0 Å². The molecule has 0 radical (unpaired) electrons. The third-order valence-corrected chi connectivity index (χ3v) is 5.39. The van der Waals surface area contributed by atoms with E-state index in [0.29, 0.717) is 24.5 Å². The van der Waals surface area contributed by atoms with Crippen molar-refractivity contribution in [3.05, 3.63) is 51.5 Å². The predicted molar refractivity (Wildman–Crippen MR) is 111 cm³/mol. The topological polar surface area (TPSA) is 72.9 Å². The lowest BCUT2D eigenvalue weighted by atomic mass is 10.2. The Kier molecular flexibility index (Phi) is 7.46. The van der Waals surface area contributed by atoms with Crippen LogP contribution in [0.4, 0.5) is 0 Å². The third kappa shape index (κ3) is 4.76. The average Bonchev–Trinajstić information content (AvgIpc) is 3.15. The molecule has 0 atom stereocenters. The minimum Gasteiger partial charge on any atom is -0.351 e. The standard InChI is InChI=1S/C18H21ClN4OS.ClH/c1-12-15-10-16(17(24)21-9-3-2-8-20)25-18(15)23(22-12)11-13-4-6-14(19)7-5-13;/h4-7,10H,2-3,8-9,11,20H2,1H3,(H,21,24);1H. The molecule has 1 amide bonds. The first-order valence-electron chi connectivity index (χ1n) is 8.28. The molecule has 0 aliphatic rings. The van der Waals surface area contributed by atoms with Crippen LogP contribution in [0.15, 0.2) is 30.3 Å². The summed E-state index contributed by atoms with van der Waals surface area (Å²) < 4.78 is 1.95. The Morgan fingerprint density at radius 1 is 1.31 bits per heavy atom. The molecule has 0 saturated heterocycles. The van der Waals surface area contributed by atoms with Crippen molar-refractivity contribution in [1.82, 2.24) is 15.1 Å². The summed E-state index contributed by atoms with van der Waals surface area (Å²) in [6.07, 6.45) is 1.82. The Bertz CT molecular complexity index is 873.